The summed E-state index contributed by atoms with van der Waals surface area (Å²) in [7, 11) is 3.59. The minimum atomic E-state index is -4.48. The molecule has 10 heteroatoms. The Morgan fingerprint density at radius 3 is 2.66 bits per heavy atom. The van der Waals surface area contributed by atoms with Crippen LogP contribution in [-0.2, 0) is 15.7 Å². The molecule has 164 valence electrons. The van der Waals surface area contributed by atoms with E-state index < -0.39 is 17.8 Å². The molecule has 1 saturated heterocycles. The van der Waals surface area contributed by atoms with E-state index in [9.17, 15) is 18.0 Å². The van der Waals surface area contributed by atoms with Gasteiger partial charge in [-0.3, -0.25) is 0 Å². The third-order valence-corrected chi connectivity index (χ3v) is 4.60. The molecule has 2 N–H and O–H groups in total. The third kappa shape index (κ3) is 7.71. The second-order valence-corrected chi connectivity index (χ2v) is 6.86. The quantitative estimate of drug-likeness (QED) is 0.604. The van der Waals surface area contributed by atoms with Crippen molar-refractivity contribution in [1.29, 1.82) is 0 Å². The van der Waals surface area contributed by atoms with Gasteiger partial charge in [0.1, 0.15) is 0 Å². The zero-order valence-corrected chi connectivity index (χ0v) is 16.8. The number of alkyl halides is 3. The van der Waals surface area contributed by atoms with Gasteiger partial charge in [0.15, 0.2) is 0 Å². The van der Waals surface area contributed by atoms with E-state index in [1.807, 2.05) is 11.9 Å². The van der Waals surface area contributed by atoms with Crippen molar-refractivity contribution in [3.05, 3.63) is 23.8 Å². The van der Waals surface area contributed by atoms with Gasteiger partial charge in [-0.1, -0.05) is 0 Å². The van der Waals surface area contributed by atoms with E-state index in [-0.39, 0.29) is 5.69 Å². The van der Waals surface area contributed by atoms with Gasteiger partial charge in [-0.25, -0.2) is 4.79 Å². The number of hydrogen-bond donors (Lipinski definition) is 2. The van der Waals surface area contributed by atoms with Gasteiger partial charge in [-0.2, -0.15) is 13.2 Å². The highest BCUT2D eigenvalue weighted by atomic mass is 19.4. The maximum Gasteiger partial charge on any atom is 0.416 e. The van der Waals surface area contributed by atoms with E-state index in [4.69, 9.17) is 9.47 Å². The van der Waals surface area contributed by atoms with Crippen LogP contribution in [0.4, 0.5) is 29.3 Å². The summed E-state index contributed by atoms with van der Waals surface area (Å²) in [4.78, 5) is 16.2. The van der Waals surface area contributed by atoms with Gasteiger partial charge >= 0.3 is 12.2 Å². The van der Waals surface area contributed by atoms with E-state index >= 15 is 0 Å². The summed E-state index contributed by atoms with van der Waals surface area (Å²) >= 11 is 0. The van der Waals surface area contributed by atoms with Crippen LogP contribution in [0.25, 0.3) is 0 Å². The number of hydrogen-bond acceptors (Lipinski definition) is 5. The lowest BCUT2D eigenvalue weighted by molar-refractivity contribution is -0.137. The number of carbonyl (C=O) groups is 1. The highest BCUT2D eigenvalue weighted by Gasteiger charge is 2.31. The van der Waals surface area contributed by atoms with Crippen LogP contribution >= 0.6 is 0 Å². The van der Waals surface area contributed by atoms with Gasteiger partial charge in [-0.15, -0.1) is 0 Å². The van der Waals surface area contributed by atoms with Crippen LogP contribution in [0.5, 0.6) is 0 Å². The highest BCUT2D eigenvalue weighted by molar-refractivity contribution is 5.93. The molecule has 0 spiro atoms. The summed E-state index contributed by atoms with van der Waals surface area (Å²) in [6, 6.07) is 2.87. The SMILES string of the molecule is COCCN(C)CCCNC(=O)Nc1cc(C(F)(F)F)ccc1N1CCOCC1. The van der Waals surface area contributed by atoms with E-state index in [1.54, 1.807) is 7.11 Å². The number of ether oxygens (including phenoxy) is 2. The molecule has 1 fully saturated rings. The number of halogens is 3. The Morgan fingerprint density at radius 1 is 1.28 bits per heavy atom. The molecule has 0 saturated carbocycles. The van der Waals surface area contributed by atoms with Crippen molar-refractivity contribution in [3.63, 3.8) is 0 Å². The van der Waals surface area contributed by atoms with Crippen LogP contribution in [-0.4, -0.2) is 77.6 Å². The summed E-state index contributed by atoms with van der Waals surface area (Å²) < 4.78 is 49.6. The first kappa shape index (κ1) is 23.2. The number of benzene rings is 1. The predicted molar refractivity (Wildman–Crippen MR) is 105 cm³/mol. The number of morpholine rings is 1. The lowest BCUT2D eigenvalue weighted by atomic mass is 10.1. The Balaban J connectivity index is 1.96. The Morgan fingerprint density at radius 2 is 2.00 bits per heavy atom. The van der Waals surface area contributed by atoms with Gasteiger partial charge in [-0.05, 0) is 38.2 Å². The average molecular weight is 418 g/mol. The average Bonchev–Trinajstić information content (AvgIpc) is 2.69. The van der Waals surface area contributed by atoms with Crippen LogP contribution in [0.1, 0.15) is 12.0 Å². The molecule has 0 bridgehead atoms. The van der Waals surface area contributed by atoms with Crippen LogP contribution in [0.15, 0.2) is 18.2 Å². The van der Waals surface area contributed by atoms with Crippen molar-refractivity contribution >= 4 is 17.4 Å². The van der Waals surface area contributed by atoms with Crippen LogP contribution in [0, 0.1) is 0 Å². The molecule has 29 heavy (non-hydrogen) atoms. The first-order valence-corrected chi connectivity index (χ1v) is 9.57. The van der Waals surface area contributed by atoms with E-state index in [1.165, 1.54) is 6.07 Å². The minimum absolute atomic E-state index is 0.136. The van der Waals surface area contributed by atoms with Crippen molar-refractivity contribution in [3.8, 4) is 0 Å². The lowest BCUT2D eigenvalue weighted by Crippen LogP contribution is -2.37. The molecule has 7 nitrogen and oxygen atoms in total. The van der Waals surface area contributed by atoms with Gasteiger partial charge in [0.05, 0.1) is 36.8 Å². The summed E-state index contributed by atoms with van der Waals surface area (Å²) in [5.41, 5.74) is -0.114. The number of likely N-dealkylation sites (N-methyl/N-ethyl adjacent to an activating group) is 1. The maximum absolute atomic E-state index is 13.1. The molecule has 0 atom stereocenters. The molecule has 0 radical (unpaired) electrons. The maximum atomic E-state index is 13.1. The number of urea groups is 1. The van der Waals surface area contributed by atoms with Crippen molar-refractivity contribution in [2.24, 2.45) is 0 Å². The van der Waals surface area contributed by atoms with Crippen molar-refractivity contribution in [2.45, 2.75) is 12.6 Å². The fourth-order valence-electron chi connectivity index (χ4n) is 2.97. The Hall–Kier alpha value is -2.04. The normalized spacial score (nSPS) is 14.9. The van der Waals surface area contributed by atoms with Gasteiger partial charge in [0, 0.05) is 33.3 Å². The lowest BCUT2D eigenvalue weighted by Gasteiger charge is -2.31. The van der Waals surface area contributed by atoms with Crippen molar-refractivity contribution in [2.75, 3.05) is 76.9 Å². The third-order valence-electron chi connectivity index (χ3n) is 4.60. The Kier molecular flexibility index (Phi) is 8.99. The minimum Gasteiger partial charge on any atom is -0.383 e. The molecule has 1 aromatic carbocycles. The monoisotopic (exact) mass is 418 g/mol. The van der Waals surface area contributed by atoms with Crippen molar-refractivity contribution in [1.82, 2.24) is 10.2 Å². The number of nitrogens with zero attached hydrogens (tertiary/aromatic N) is 2. The van der Waals surface area contributed by atoms with Gasteiger partial charge in [0.25, 0.3) is 0 Å². The Bertz CT molecular complexity index is 652. The molecule has 1 aliphatic rings. The van der Waals surface area contributed by atoms with E-state index in [2.05, 4.69) is 15.5 Å². The molecule has 1 heterocycles. The van der Waals surface area contributed by atoms with Crippen LogP contribution in [0.2, 0.25) is 0 Å². The molecule has 1 aromatic rings. The largest absolute Gasteiger partial charge is 0.416 e. The highest BCUT2D eigenvalue weighted by Crippen LogP contribution is 2.35. The van der Waals surface area contributed by atoms with E-state index in [0.717, 1.165) is 25.2 Å². The number of methoxy groups -OCH3 is 1. The zero-order chi connectivity index (χ0) is 21.3. The number of nitrogens with one attached hydrogen (secondary N) is 2. The summed E-state index contributed by atoms with van der Waals surface area (Å²) in [6.45, 7) is 4.68. The smallest absolute Gasteiger partial charge is 0.383 e. The van der Waals surface area contributed by atoms with Gasteiger partial charge in [0.2, 0.25) is 0 Å². The topological polar surface area (TPSA) is 66.1 Å². The number of carbonyl (C=O) groups excluding carboxylic acids is 1. The molecule has 2 amide bonds. The fourth-order valence-corrected chi connectivity index (χ4v) is 2.97. The summed E-state index contributed by atoms with van der Waals surface area (Å²) in [5, 5.41) is 5.28. The predicted octanol–water partition coefficient (Wildman–Crippen LogP) is 2.63. The van der Waals surface area contributed by atoms with Crippen LogP contribution < -0.4 is 15.5 Å². The van der Waals surface area contributed by atoms with Crippen molar-refractivity contribution < 1.29 is 27.4 Å². The first-order chi connectivity index (χ1) is 13.8. The molecule has 2 rings (SSSR count). The molecule has 0 unspecified atom stereocenters. The van der Waals surface area contributed by atoms with E-state index in [0.29, 0.717) is 51.6 Å². The molecule has 0 aliphatic carbocycles. The molecule has 0 aromatic heterocycles. The second-order valence-electron chi connectivity index (χ2n) is 6.86. The fraction of sp³-hybridized carbons (Fsp3) is 0.632. The zero-order valence-electron chi connectivity index (χ0n) is 16.8. The molecular formula is C19H29F3N4O3. The second kappa shape index (κ2) is 11.2. The van der Waals surface area contributed by atoms with Gasteiger partial charge < -0.3 is 29.9 Å². The standard InChI is InChI=1S/C19H29F3N4O3/c1-25(8-11-28-2)7-3-6-23-18(27)24-16-14-15(19(20,21)22)4-5-17(16)26-9-12-29-13-10-26/h4-5,14H,3,6-13H2,1-2H3,(H2,23,24,27). The number of anilines is 2. The number of amides is 2. The Labute approximate surface area is 169 Å². The van der Waals surface area contributed by atoms with Crippen LogP contribution in [0.3, 0.4) is 0 Å². The first-order valence-electron chi connectivity index (χ1n) is 9.57. The summed E-state index contributed by atoms with van der Waals surface area (Å²) in [6.07, 6.45) is -3.77. The number of rotatable bonds is 9. The molecule has 1 aliphatic heterocycles. The molecular weight excluding hydrogens is 389 g/mol. The summed E-state index contributed by atoms with van der Waals surface area (Å²) in [5.74, 6) is 0.